The van der Waals surface area contributed by atoms with E-state index in [1.54, 1.807) is 6.07 Å². The number of carbonyl (C=O) groups excluding carboxylic acids is 1. The topological polar surface area (TPSA) is 58.6 Å². The number of amides is 1. The Morgan fingerprint density at radius 2 is 1.87 bits per heavy atom. The summed E-state index contributed by atoms with van der Waals surface area (Å²) in [6, 6.07) is 5.48. The Kier molecular flexibility index (Phi) is 6.09. The number of hydrogen-bond acceptors (Lipinski definition) is 3. The number of hydrogen-bond donors (Lipinski definition) is 2. The quantitative estimate of drug-likeness (QED) is 0.641. The van der Waals surface area contributed by atoms with Crippen LogP contribution < -0.4 is 5.32 Å². The summed E-state index contributed by atoms with van der Waals surface area (Å²) in [4.78, 5) is 11.5. The van der Waals surface area contributed by atoms with Crippen LogP contribution in [0.3, 0.4) is 0 Å². The van der Waals surface area contributed by atoms with Gasteiger partial charge in [0.05, 0.1) is 5.56 Å². The van der Waals surface area contributed by atoms with Crippen molar-refractivity contribution in [3.8, 4) is 17.6 Å². The molecule has 0 radical (unpaired) electrons. The predicted octanol–water partition coefficient (Wildman–Crippen LogP) is 3.96. The van der Waals surface area contributed by atoms with Crippen LogP contribution in [0.15, 0.2) is 18.2 Å². The Morgan fingerprint density at radius 3 is 2.43 bits per heavy atom. The molecule has 1 aromatic carbocycles. The molecule has 0 spiro atoms. The van der Waals surface area contributed by atoms with Gasteiger partial charge in [-0.05, 0) is 43.9 Å². The third-order valence-corrected chi connectivity index (χ3v) is 3.00. The van der Waals surface area contributed by atoms with Crippen LogP contribution in [0.4, 0.5) is 4.79 Å². The lowest BCUT2D eigenvalue weighted by Crippen LogP contribution is -2.32. The highest BCUT2D eigenvalue weighted by Gasteiger charge is 2.15. The standard InChI is InChI=1S/C19H27NO3/c1-18(2,3)15-10-11-16(21)14(13-15)9-7-8-12-20-17(22)23-19(4,5)6/h10-11,13,21H,8,12H2,1-6H3,(H,20,22). The van der Waals surface area contributed by atoms with Crippen LogP contribution >= 0.6 is 0 Å². The molecule has 0 fully saturated rings. The van der Waals surface area contributed by atoms with E-state index in [1.165, 1.54) is 0 Å². The minimum atomic E-state index is -0.505. The highest BCUT2D eigenvalue weighted by atomic mass is 16.6. The third kappa shape index (κ3) is 7.10. The maximum absolute atomic E-state index is 11.5. The second kappa shape index (κ2) is 7.41. The fourth-order valence-corrected chi connectivity index (χ4v) is 1.80. The SMILES string of the molecule is CC(C)(C)OC(=O)NCCC#Cc1cc(C(C)(C)C)ccc1O. The number of phenolic OH excluding ortho intramolecular Hbond substituents is 1. The normalized spacial score (nSPS) is 11.4. The van der Waals surface area contributed by atoms with E-state index < -0.39 is 11.7 Å². The molecule has 0 saturated heterocycles. The van der Waals surface area contributed by atoms with E-state index in [0.29, 0.717) is 18.5 Å². The molecule has 0 unspecified atom stereocenters. The number of ether oxygens (including phenoxy) is 1. The Bertz CT molecular complexity index is 610. The van der Waals surface area contributed by atoms with Gasteiger partial charge >= 0.3 is 6.09 Å². The first kappa shape index (κ1) is 18.9. The maximum Gasteiger partial charge on any atom is 0.407 e. The average molecular weight is 317 g/mol. The van der Waals surface area contributed by atoms with Crippen LogP contribution in [0.5, 0.6) is 5.75 Å². The summed E-state index contributed by atoms with van der Waals surface area (Å²) >= 11 is 0. The van der Waals surface area contributed by atoms with Crippen molar-refractivity contribution in [1.29, 1.82) is 0 Å². The third-order valence-electron chi connectivity index (χ3n) is 3.00. The van der Waals surface area contributed by atoms with Crippen LogP contribution in [0.25, 0.3) is 0 Å². The maximum atomic E-state index is 11.5. The summed E-state index contributed by atoms with van der Waals surface area (Å²) in [6.45, 7) is 12.2. The minimum Gasteiger partial charge on any atom is -0.507 e. The average Bonchev–Trinajstić information content (AvgIpc) is 2.36. The molecular weight excluding hydrogens is 290 g/mol. The first-order valence-electron chi connectivity index (χ1n) is 7.78. The summed E-state index contributed by atoms with van der Waals surface area (Å²) in [5, 5.41) is 12.5. The molecule has 4 nitrogen and oxygen atoms in total. The zero-order valence-corrected chi connectivity index (χ0v) is 14.9. The zero-order chi connectivity index (χ0) is 17.7. The molecule has 126 valence electrons. The van der Waals surface area contributed by atoms with Gasteiger partial charge in [0.25, 0.3) is 0 Å². The van der Waals surface area contributed by atoms with Crippen molar-refractivity contribution in [3.05, 3.63) is 29.3 Å². The molecule has 1 rings (SSSR count). The summed E-state index contributed by atoms with van der Waals surface area (Å²) < 4.78 is 5.14. The molecule has 23 heavy (non-hydrogen) atoms. The van der Waals surface area contributed by atoms with Crippen LogP contribution in [-0.4, -0.2) is 23.3 Å². The first-order valence-corrected chi connectivity index (χ1v) is 7.78. The number of benzene rings is 1. The second-order valence-corrected chi connectivity index (χ2v) is 7.46. The van der Waals surface area contributed by atoms with Gasteiger partial charge in [0.2, 0.25) is 0 Å². The van der Waals surface area contributed by atoms with Crippen molar-refractivity contribution in [2.24, 2.45) is 0 Å². The molecule has 0 bridgehead atoms. The number of carbonyl (C=O) groups is 1. The van der Waals surface area contributed by atoms with Crippen molar-refractivity contribution in [1.82, 2.24) is 5.32 Å². The van der Waals surface area contributed by atoms with Crippen LogP contribution in [0, 0.1) is 11.8 Å². The molecule has 0 aliphatic heterocycles. The van der Waals surface area contributed by atoms with Gasteiger partial charge in [0.1, 0.15) is 11.4 Å². The van der Waals surface area contributed by atoms with Gasteiger partial charge in [-0.2, -0.15) is 0 Å². The van der Waals surface area contributed by atoms with Crippen molar-refractivity contribution >= 4 is 6.09 Å². The van der Waals surface area contributed by atoms with Crippen molar-refractivity contribution in [3.63, 3.8) is 0 Å². The summed E-state index contributed by atoms with van der Waals surface area (Å²) in [7, 11) is 0. The largest absolute Gasteiger partial charge is 0.507 e. The molecule has 0 aliphatic carbocycles. The molecule has 0 aliphatic rings. The molecule has 2 N–H and O–H groups in total. The molecule has 4 heteroatoms. The van der Waals surface area contributed by atoms with E-state index in [2.05, 4.69) is 37.9 Å². The predicted molar refractivity (Wildman–Crippen MR) is 92.5 cm³/mol. The lowest BCUT2D eigenvalue weighted by Gasteiger charge is -2.19. The van der Waals surface area contributed by atoms with E-state index in [9.17, 15) is 9.90 Å². The van der Waals surface area contributed by atoms with Crippen LogP contribution in [-0.2, 0) is 10.2 Å². The Hall–Kier alpha value is -2.15. The van der Waals surface area contributed by atoms with E-state index >= 15 is 0 Å². The number of nitrogens with one attached hydrogen (secondary N) is 1. The van der Waals surface area contributed by atoms with Crippen molar-refractivity contribution < 1.29 is 14.6 Å². The van der Waals surface area contributed by atoms with Gasteiger partial charge in [0, 0.05) is 13.0 Å². The fraction of sp³-hybridized carbons (Fsp3) is 0.526. The van der Waals surface area contributed by atoms with Gasteiger partial charge in [-0.1, -0.05) is 38.7 Å². The summed E-state index contributed by atoms with van der Waals surface area (Å²) in [5.74, 6) is 6.09. The van der Waals surface area contributed by atoms with Gasteiger partial charge in [0.15, 0.2) is 0 Å². The Morgan fingerprint density at radius 1 is 1.22 bits per heavy atom. The lowest BCUT2D eigenvalue weighted by molar-refractivity contribution is 0.0529. The van der Waals surface area contributed by atoms with E-state index in [4.69, 9.17) is 4.74 Å². The molecular formula is C19H27NO3. The fourth-order valence-electron chi connectivity index (χ4n) is 1.80. The smallest absolute Gasteiger partial charge is 0.407 e. The van der Waals surface area contributed by atoms with Crippen molar-refractivity contribution in [2.45, 2.75) is 59.0 Å². The minimum absolute atomic E-state index is 0.00238. The summed E-state index contributed by atoms with van der Waals surface area (Å²) in [5.41, 5.74) is 1.22. The van der Waals surface area contributed by atoms with E-state index in [-0.39, 0.29) is 11.2 Å². The van der Waals surface area contributed by atoms with E-state index in [0.717, 1.165) is 5.56 Å². The summed E-state index contributed by atoms with van der Waals surface area (Å²) in [6.07, 6.45) is 0.0372. The zero-order valence-electron chi connectivity index (χ0n) is 14.9. The Balaban J connectivity index is 2.59. The highest BCUT2D eigenvalue weighted by molar-refractivity contribution is 5.67. The van der Waals surface area contributed by atoms with Crippen LogP contribution in [0.1, 0.15) is 59.1 Å². The van der Waals surface area contributed by atoms with Crippen LogP contribution in [0.2, 0.25) is 0 Å². The van der Waals surface area contributed by atoms with Crippen molar-refractivity contribution in [2.75, 3.05) is 6.54 Å². The lowest BCUT2D eigenvalue weighted by atomic mass is 9.86. The number of alkyl carbamates (subject to hydrolysis) is 1. The number of phenols is 1. The number of aromatic hydroxyl groups is 1. The molecule has 1 aromatic rings. The van der Waals surface area contributed by atoms with Gasteiger partial charge < -0.3 is 15.2 Å². The van der Waals surface area contributed by atoms with Gasteiger partial charge in [-0.3, -0.25) is 0 Å². The molecule has 0 saturated carbocycles. The van der Waals surface area contributed by atoms with Gasteiger partial charge in [-0.15, -0.1) is 0 Å². The van der Waals surface area contributed by atoms with E-state index in [1.807, 2.05) is 32.9 Å². The second-order valence-electron chi connectivity index (χ2n) is 7.46. The Labute approximate surface area is 139 Å². The molecule has 1 amide bonds. The molecule has 0 atom stereocenters. The van der Waals surface area contributed by atoms with Gasteiger partial charge in [-0.25, -0.2) is 4.79 Å². The molecule has 0 heterocycles. The number of rotatable bonds is 2. The highest BCUT2D eigenvalue weighted by Crippen LogP contribution is 2.26. The first-order chi connectivity index (χ1) is 10.5. The monoisotopic (exact) mass is 317 g/mol. The molecule has 0 aromatic heterocycles.